The molecule has 1 aliphatic heterocycles. The summed E-state index contributed by atoms with van der Waals surface area (Å²) in [5, 5.41) is 9.53. The molecule has 0 amide bonds. The molecule has 0 bridgehead atoms. The Balaban J connectivity index is 1.61. The highest BCUT2D eigenvalue weighted by Gasteiger charge is 2.29. The Bertz CT molecular complexity index is 1060. The average Bonchev–Trinajstić information content (AvgIpc) is 3.23. The van der Waals surface area contributed by atoms with Gasteiger partial charge in [-0.3, -0.25) is 0 Å². The van der Waals surface area contributed by atoms with E-state index in [1.807, 2.05) is 11.0 Å². The molecule has 2 heterocycles. The molecule has 30 heavy (non-hydrogen) atoms. The van der Waals surface area contributed by atoms with Gasteiger partial charge in [0.05, 0.1) is 17.3 Å². The first kappa shape index (κ1) is 19.9. The van der Waals surface area contributed by atoms with E-state index < -0.39 is 5.97 Å². The molecule has 1 aromatic heterocycles. The van der Waals surface area contributed by atoms with Crippen LogP contribution in [0.4, 0.5) is 14.7 Å². The second-order valence-corrected chi connectivity index (χ2v) is 7.37. The molecule has 7 heteroatoms. The van der Waals surface area contributed by atoms with E-state index in [0.29, 0.717) is 31.0 Å². The van der Waals surface area contributed by atoms with Crippen LogP contribution in [0, 0.1) is 11.6 Å². The van der Waals surface area contributed by atoms with Crippen molar-refractivity contribution in [2.24, 2.45) is 0 Å². The Labute approximate surface area is 173 Å². The molecule has 2 aromatic carbocycles. The number of aromatic carboxylic acids is 1. The van der Waals surface area contributed by atoms with Crippen LogP contribution < -0.4 is 4.90 Å². The number of hydrogen-bond acceptors (Lipinski definition) is 4. The molecule has 0 radical (unpaired) electrons. The molecule has 1 fully saturated rings. The molecular formula is C23H21F2N3O2. The van der Waals surface area contributed by atoms with E-state index in [2.05, 4.69) is 9.97 Å². The minimum Gasteiger partial charge on any atom is -0.478 e. The number of carboxylic acid groups (broad SMARTS) is 1. The van der Waals surface area contributed by atoms with E-state index in [1.54, 1.807) is 18.2 Å². The summed E-state index contributed by atoms with van der Waals surface area (Å²) in [6, 6.07) is 12.6. The van der Waals surface area contributed by atoms with Gasteiger partial charge >= 0.3 is 5.97 Å². The summed E-state index contributed by atoms with van der Waals surface area (Å²) in [6.45, 7) is 0.713. The molecule has 0 spiro atoms. The summed E-state index contributed by atoms with van der Waals surface area (Å²) in [5.74, 6) is -1.24. The second kappa shape index (κ2) is 8.57. The third-order valence-electron chi connectivity index (χ3n) is 5.39. The summed E-state index contributed by atoms with van der Waals surface area (Å²) in [6.07, 6.45) is 4.02. The van der Waals surface area contributed by atoms with Gasteiger partial charge in [0.15, 0.2) is 0 Å². The Kier molecular flexibility index (Phi) is 5.70. The summed E-state index contributed by atoms with van der Waals surface area (Å²) < 4.78 is 26.8. The number of benzene rings is 2. The number of carboxylic acids is 1. The zero-order valence-electron chi connectivity index (χ0n) is 16.3. The van der Waals surface area contributed by atoms with Gasteiger partial charge < -0.3 is 10.0 Å². The third kappa shape index (κ3) is 4.30. The Morgan fingerprint density at radius 3 is 2.63 bits per heavy atom. The predicted molar refractivity (Wildman–Crippen MR) is 109 cm³/mol. The molecule has 1 atom stereocenters. The van der Waals surface area contributed by atoms with Gasteiger partial charge in [0, 0.05) is 12.7 Å². The molecule has 1 N–H and O–H groups in total. The van der Waals surface area contributed by atoms with E-state index in [1.165, 1.54) is 30.5 Å². The summed E-state index contributed by atoms with van der Waals surface area (Å²) >= 11 is 0. The normalized spacial score (nSPS) is 16.1. The lowest BCUT2D eigenvalue weighted by atomic mass is 10.0. The lowest BCUT2D eigenvalue weighted by molar-refractivity contribution is 0.0694. The highest BCUT2D eigenvalue weighted by molar-refractivity contribution is 5.88. The van der Waals surface area contributed by atoms with Crippen LogP contribution in [0.1, 0.15) is 46.1 Å². The summed E-state index contributed by atoms with van der Waals surface area (Å²) in [5.41, 5.74) is 2.24. The number of anilines is 1. The molecule has 3 aromatic rings. The van der Waals surface area contributed by atoms with Crippen LogP contribution in [0.25, 0.3) is 0 Å². The maximum absolute atomic E-state index is 13.7. The fourth-order valence-corrected chi connectivity index (χ4v) is 3.89. The minimum absolute atomic E-state index is 0.0543. The maximum atomic E-state index is 13.7. The van der Waals surface area contributed by atoms with Crippen molar-refractivity contribution in [1.82, 2.24) is 9.97 Å². The quantitative estimate of drug-likeness (QED) is 0.646. The highest BCUT2D eigenvalue weighted by Crippen LogP contribution is 2.35. The van der Waals surface area contributed by atoms with Crippen molar-refractivity contribution in [2.75, 3.05) is 11.4 Å². The van der Waals surface area contributed by atoms with Crippen LogP contribution in [0.2, 0.25) is 0 Å². The molecule has 0 saturated carbocycles. The van der Waals surface area contributed by atoms with Crippen LogP contribution >= 0.6 is 0 Å². The Morgan fingerprint density at radius 2 is 1.90 bits per heavy atom. The van der Waals surface area contributed by atoms with Crippen LogP contribution in [-0.4, -0.2) is 27.6 Å². The minimum atomic E-state index is -1.08. The van der Waals surface area contributed by atoms with Gasteiger partial charge in [-0.2, -0.15) is 0 Å². The molecular weight excluding hydrogens is 388 g/mol. The van der Waals surface area contributed by atoms with Gasteiger partial charge in [0.25, 0.3) is 0 Å². The smallest absolute Gasteiger partial charge is 0.339 e. The van der Waals surface area contributed by atoms with E-state index in [4.69, 9.17) is 0 Å². The monoisotopic (exact) mass is 409 g/mol. The van der Waals surface area contributed by atoms with Crippen molar-refractivity contribution in [3.05, 3.63) is 88.7 Å². The zero-order valence-corrected chi connectivity index (χ0v) is 16.3. The molecule has 5 nitrogen and oxygen atoms in total. The number of aryl methyl sites for hydroxylation is 2. The van der Waals surface area contributed by atoms with Gasteiger partial charge in [-0.15, -0.1) is 0 Å². The first-order valence-corrected chi connectivity index (χ1v) is 9.87. The molecule has 1 unspecified atom stereocenters. The average molecular weight is 409 g/mol. The topological polar surface area (TPSA) is 66.3 Å². The van der Waals surface area contributed by atoms with Crippen LogP contribution in [0.5, 0.6) is 0 Å². The fraction of sp³-hybridized carbons (Fsp3) is 0.261. The van der Waals surface area contributed by atoms with Crippen molar-refractivity contribution in [1.29, 1.82) is 0 Å². The van der Waals surface area contributed by atoms with E-state index >= 15 is 0 Å². The lowest BCUT2D eigenvalue weighted by Gasteiger charge is -2.25. The number of carbonyl (C=O) groups is 1. The third-order valence-corrected chi connectivity index (χ3v) is 5.39. The van der Waals surface area contributed by atoms with Crippen molar-refractivity contribution in [3.8, 4) is 0 Å². The molecule has 4 rings (SSSR count). The van der Waals surface area contributed by atoms with Gasteiger partial charge in [-0.1, -0.05) is 24.3 Å². The maximum Gasteiger partial charge on any atom is 0.339 e. The number of nitrogens with zero attached hydrogens (tertiary/aromatic N) is 3. The molecule has 0 aliphatic carbocycles. The first-order chi connectivity index (χ1) is 14.5. The summed E-state index contributed by atoms with van der Waals surface area (Å²) in [7, 11) is 0. The van der Waals surface area contributed by atoms with Crippen LogP contribution in [0.3, 0.4) is 0 Å². The van der Waals surface area contributed by atoms with Gasteiger partial charge in [0.1, 0.15) is 11.6 Å². The Morgan fingerprint density at radius 1 is 1.10 bits per heavy atom. The molecule has 154 valence electrons. The van der Waals surface area contributed by atoms with Crippen molar-refractivity contribution in [2.45, 2.75) is 31.7 Å². The SMILES string of the molecule is O=C(O)c1cnc(N2CCCC2c2cccc(F)c2)nc1CCc1ccc(F)cc1. The number of rotatable bonds is 6. The summed E-state index contributed by atoms with van der Waals surface area (Å²) in [4.78, 5) is 22.5. The van der Waals surface area contributed by atoms with Crippen molar-refractivity contribution >= 4 is 11.9 Å². The standard InChI is InChI=1S/C23H21F2N3O2/c24-17-9-6-15(7-10-17)8-11-20-19(22(29)30)14-26-23(27-20)28-12-2-5-21(28)16-3-1-4-18(25)13-16/h1,3-4,6-7,9-10,13-14,21H,2,5,8,11-12H2,(H,29,30). The zero-order chi connectivity index (χ0) is 21.1. The van der Waals surface area contributed by atoms with Gasteiger partial charge in [-0.25, -0.2) is 23.5 Å². The predicted octanol–water partition coefficient (Wildman–Crippen LogP) is 4.58. The number of hydrogen-bond donors (Lipinski definition) is 1. The highest BCUT2D eigenvalue weighted by atomic mass is 19.1. The molecule has 1 saturated heterocycles. The first-order valence-electron chi connectivity index (χ1n) is 9.87. The fourth-order valence-electron chi connectivity index (χ4n) is 3.89. The van der Waals surface area contributed by atoms with Gasteiger partial charge in [-0.05, 0) is 61.1 Å². The second-order valence-electron chi connectivity index (χ2n) is 7.37. The largest absolute Gasteiger partial charge is 0.478 e. The molecule has 1 aliphatic rings. The van der Waals surface area contributed by atoms with E-state index in [9.17, 15) is 18.7 Å². The lowest BCUT2D eigenvalue weighted by Crippen LogP contribution is -2.25. The number of aromatic nitrogens is 2. The van der Waals surface area contributed by atoms with Crippen LogP contribution in [-0.2, 0) is 12.8 Å². The Hall–Kier alpha value is -3.35. The van der Waals surface area contributed by atoms with E-state index in [-0.39, 0.29) is 23.2 Å². The van der Waals surface area contributed by atoms with Gasteiger partial charge in [0.2, 0.25) is 5.95 Å². The number of halogens is 2. The van der Waals surface area contributed by atoms with Crippen molar-refractivity contribution < 1.29 is 18.7 Å². The van der Waals surface area contributed by atoms with E-state index in [0.717, 1.165) is 24.0 Å². The van der Waals surface area contributed by atoms with Crippen molar-refractivity contribution in [3.63, 3.8) is 0 Å². The van der Waals surface area contributed by atoms with Crippen LogP contribution in [0.15, 0.2) is 54.7 Å².